The number of carbonyl (C=O) groups is 1. The van der Waals surface area contributed by atoms with Gasteiger partial charge in [0.05, 0.1) is 38.3 Å². The maximum Gasteiger partial charge on any atom is 0.234 e. The Morgan fingerprint density at radius 2 is 1.72 bits per heavy atom. The zero-order valence-corrected chi connectivity index (χ0v) is 17.8. The van der Waals surface area contributed by atoms with Crippen LogP contribution in [0.25, 0.3) is 10.9 Å². The van der Waals surface area contributed by atoms with Crippen molar-refractivity contribution >= 4 is 34.3 Å². The van der Waals surface area contributed by atoms with Crippen LogP contribution in [0.3, 0.4) is 0 Å². The number of amides is 1. The van der Waals surface area contributed by atoms with Crippen LogP contribution >= 0.6 is 11.8 Å². The van der Waals surface area contributed by atoms with Gasteiger partial charge >= 0.3 is 0 Å². The number of benzene rings is 2. The van der Waals surface area contributed by atoms with Gasteiger partial charge < -0.3 is 19.5 Å². The Morgan fingerprint density at radius 1 is 1.00 bits per heavy atom. The van der Waals surface area contributed by atoms with E-state index < -0.39 is 0 Å². The van der Waals surface area contributed by atoms with Crippen LogP contribution in [0.5, 0.6) is 17.2 Å². The first-order chi connectivity index (χ1) is 14.1. The average molecular weight is 413 g/mol. The molecule has 3 rings (SSSR count). The number of thioether (sulfide) groups is 1. The fourth-order valence-electron chi connectivity index (χ4n) is 2.90. The molecule has 3 aromatic rings. The fourth-order valence-corrected chi connectivity index (χ4v) is 3.79. The quantitative estimate of drug-likeness (QED) is 0.547. The van der Waals surface area contributed by atoms with Gasteiger partial charge in [0.2, 0.25) is 5.91 Å². The van der Waals surface area contributed by atoms with Crippen molar-refractivity contribution in [1.29, 1.82) is 0 Å². The summed E-state index contributed by atoms with van der Waals surface area (Å²) in [6.45, 7) is 2.08. The highest BCUT2D eigenvalue weighted by molar-refractivity contribution is 8.00. The zero-order valence-electron chi connectivity index (χ0n) is 16.9. The first-order valence-corrected chi connectivity index (χ1v) is 10.2. The topological polar surface area (TPSA) is 69.7 Å². The monoisotopic (exact) mass is 412 g/mol. The summed E-state index contributed by atoms with van der Waals surface area (Å²) >= 11 is 1.42. The Bertz CT molecular complexity index is 1020. The molecule has 1 heterocycles. The van der Waals surface area contributed by atoms with Crippen molar-refractivity contribution in [1.82, 2.24) is 4.98 Å². The highest BCUT2D eigenvalue weighted by atomic mass is 32.2. The highest BCUT2D eigenvalue weighted by Crippen LogP contribution is 2.30. The van der Waals surface area contributed by atoms with Gasteiger partial charge in [-0.05, 0) is 42.3 Å². The number of nitrogens with one attached hydrogen (secondary N) is 1. The van der Waals surface area contributed by atoms with E-state index in [2.05, 4.69) is 18.3 Å². The van der Waals surface area contributed by atoms with Gasteiger partial charge in [-0.25, -0.2) is 4.98 Å². The van der Waals surface area contributed by atoms with E-state index in [0.717, 1.165) is 33.7 Å². The fraction of sp³-hybridized carbons (Fsp3) is 0.273. The van der Waals surface area contributed by atoms with Crippen molar-refractivity contribution in [3.05, 3.63) is 48.0 Å². The minimum atomic E-state index is -0.131. The number of ether oxygens (including phenoxy) is 3. The van der Waals surface area contributed by atoms with Crippen LogP contribution in [0, 0.1) is 0 Å². The standard InChI is InChI=1S/C22H24N2O4S/c1-5-14-10-15-6-7-16(26-2)11-19(15)24-22(14)29-13-21(25)23-18-9-8-17(27-3)12-20(18)28-4/h6-12H,5,13H2,1-4H3,(H,23,25). The van der Waals surface area contributed by atoms with Gasteiger partial charge in [-0.15, -0.1) is 0 Å². The summed E-state index contributed by atoms with van der Waals surface area (Å²) in [4.78, 5) is 17.3. The lowest BCUT2D eigenvalue weighted by atomic mass is 10.1. The van der Waals surface area contributed by atoms with Gasteiger partial charge in [-0.3, -0.25) is 4.79 Å². The molecule has 7 heteroatoms. The van der Waals surface area contributed by atoms with E-state index >= 15 is 0 Å². The Hall–Kier alpha value is -2.93. The van der Waals surface area contributed by atoms with Crippen molar-refractivity contribution in [3.63, 3.8) is 0 Å². The SMILES string of the molecule is CCc1cc2ccc(OC)cc2nc1SCC(=O)Nc1ccc(OC)cc1OC. The summed E-state index contributed by atoms with van der Waals surface area (Å²) in [7, 11) is 4.77. The van der Waals surface area contributed by atoms with Crippen LogP contribution in [-0.4, -0.2) is 38.0 Å². The van der Waals surface area contributed by atoms with Crippen LogP contribution in [-0.2, 0) is 11.2 Å². The third-order valence-electron chi connectivity index (χ3n) is 4.47. The number of nitrogens with zero attached hydrogens (tertiary/aromatic N) is 1. The Balaban J connectivity index is 1.75. The van der Waals surface area contributed by atoms with Crippen molar-refractivity contribution in [3.8, 4) is 17.2 Å². The van der Waals surface area contributed by atoms with E-state index in [1.807, 2.05) is 18.2 Å². The normalized spacial score (nSPS) is 10.6. The molecule has 0 saturated heterocycles. The van der Waals surface area contributed by atoms with E-state index in [9.17, 15) is 4.79 Å². The van der Waals surface area contributed by atoms with Gasteiger partial charge in [0, 0.05) is 17.5 Å². The van der Waals surface area contributed by atoms with Crippen LogP contribution in [0.1, 0.15) is 12.5 Å². The molecule has 6 nitrogen and oxygen atoms in total. The van der Waals surface area contributed by atoms with Crippen LogP contribution in [0.15, 0.2) is 47.5 Å². The molecule has 0 aliphatic heterocycles. The molecule has 0 atom stereocenters. The third kappa shape index (κ3) is 4.92. The number of hydrogen-bond donors (Lipinski definition) is 1. The molecule has 152 valence electrons. The number of aryl methyl sites for hydroxylation is 1. The van der Waals surface area contributed by atoms with E-state index in [1.165, 1.54) is 11.8 Å². The number of pyridine rings is 1. The van der Waals surface area contributed by atoms with Gasteiger partial charge in [0.1, 0.15) is 22.3 Å². The van der Waals surface area contributed by atoms with Crippen LogP contribution in [0.2, 0.25) is 0 Å². The van der Waals surface area contributed by atoms with Gasteiger partial charge in [0.25, 0.3) is 0 Å². The highest BCUT2D eigenvalue weighted by Gasteiger charge is 2.12. The van der Waals surface area contributed by atoms with E-state index in [0.29, 0.717) is 17.2 Å². The predicted octanol–water partition coefficient (Wildman–Crippen LogP) is 4.55. The molecule has 0 aliphatic rings. The summed E-state index contributed by atoms with van der Waals surface area (Å²) < 4.78 is 15.8. The number of methoxy groups -OCH3 is 3. The Labute approximate surface area is 174 Å². The molecule has 2 aromatic carbocycles. The summed E-state index contributed by atoms with van der Waals surface area (Å²) in [6, 6.07) is 13.2. The second-order valence-electron chi connectivity index (χ2n) is 6.27. The van der Waals surface area contributed by atoms with E-state index in [4.69, 9.17) is 19.2 Å². The molecular formula is C22H24N2O4S. The Morgan fingerprint density at radius 3 is 2.41 bits per heavy atom. The minimum Gasteiger partial charge on any atom is -0.497 e. The number of anilines is 1. The molecule has 0 bridgehead atoms. The van der Waals surface area contributed by atoms with E-state index in [-0.39, 0.29) is 11.7 Å². The van der Waals surface area contributed by atoms with Gasteiger partial charge in [0.15, 0.2) is 0 Å². The van der Waals surface area contributed by atoms with Gasteiger partial charge in [-0.1, -0.05) is 18.7 Å². The zero-order chi connectivity index (χ0) is 20.8. The minimum absolute atomic E-state index is 0.131. The van der Waals surface area contributed by atoms with Crippen molar-refractivity contribution in [2.75, 3.05) is 32.4 Å². The maximum absolute atomic E-state index is 12.5. The predicted molar refractivity (Wildman–Crippen MR) is 117 cm³/mol. The molecule has 0 saturated carbocycles. The maximum atomic E-state index is 12.5. The lowest BCUT2D eigenvalue weighted by Gasteiger charge is -2.12. The molecule has 0 fully saturated rings. The molecule has 29 heavy (non-hydrogen) atoms. The van der Waals surface area contributed by atoms with Crippen LogP contribution in [0.4, 0.5) is 5.69 Å². The summed E-state index contributed by atoms with van der Waals surface area (Å²) in [5.74, 6) is 2.08. The van der Waals surface area contributed by atoms with Crippen molar-refractivity contribution < 1.29 is 19.0 Å². The number of carbonyl (C=O) groups excluding carboxylic acids is 1. The first-order valence-electron chi connectivity index (χ1n) is 9.20. The molecule has 0 radical (unpaired) electrons. The average Bonchev–Trinajstić information content (AvgIpc) is 2.76. The number of hydrogen-bond acceptors (Lipinski definition) is 6. The molecule has 0 aliphatic carbocycles. The molecule has 0 spiro atoms. The number of rotatable bonds is 8. The summed E-state index contributed by atoms with van der Waals surface area (Å²) in [5.41, 5.74) is 2.56. The number of aromatic nitrogens is 1. The summed E-state index contributed by atoms with van der Waals surface area (Å²) in [6.07, 6.45) is 0.839. The number of fused-ring (bicyclic) bond motifs is 1. The first kappa shape index (κ1) is 20.8. The Kier molecular flexibility index (Phi) is 6.82. The van der Waals surface area contributed by atoms with Crippen molar-refractivity contribution in [2.24, 2.45) is 0 Å². The second kappa shape index (κ2) is 9.52. The molecule has 1 amide bonds. The lowest BCUT2D eigenvalue weighted by Crippen LogP contribution is -2.15. The molecule has 1 N–H and O–H groups in total. The van der Waals surface area contributed by atoms with Crippen molar-refractivity contribution in [2.45, 2.75) is 18.4 Å². The smallest absolute Gasteiger partial charge is 0.234 e. The molecule has 0 unspecified atom stereocenters. The summed E-state index contributed by atoms with van der Waals surface area (Å²) in [5, 5.41) is 4.79. The molecule has 1 aromatic heterocycles. The second-order valence-corrected chi connectivity index (χ2v) is 7.23. The van der Waals surface area contributed by atoms with Crippen LogP contribution < -0.4 is 19.5 Å². The largest absolute Gasteiger partial charge is 0.497 e. The third-order valence-corrected chi connectivity index (χ3v) is 5.50. The molecular weight excluding hydrogens is 388 g/mol. The lowest BCUT2D eigenvalue weighted by molar-refractivity contribution is -0.113. The van der Waals surface area contributed by atoms with E-state index in [1.54, 1.807) is 39.5 Å². The van der Waals surface area contributed by atoms with Gasteiger partial charge in [-0.2, -0.15) is 0 Å².